The number of amides is 2. The van der Waals surface area contributed by atoms with E-state index in [1.54, 1.807) is 24.0 Å². The molecule has 2 amide bonds. The number of rotatable bonds is 12. The summed E-state index contributed by atoms with van der Waals surface area (Å²) in [5.41, 5.74) is 6.42. The van der Waals surface area contributed by atoms with Gasteiger partial charge in [-0.15, -0.1) is 23.2 Å². The maximum atomic E-state index is 12.2. The zero-order valence-corrected chi connectivity index (χ0v) is 25.7. The van der Waals surface area contributed by atoms with Crippen molar-refractivity contribution in [1.29, 1.82) is 0 Å². The third-order valence-electron chi connectivity index (χ3n) is 6.35. The quantitative estimate of drug-likeness (QED) is 0.282. The van der Waals surface area contributed by atoms with E-state index in [2.05, 4.69) is 26.0 Å². The molecule has 2 atom stereocenters. The molecule has 0 saturated carbocycles. The molecular formula is C30H44Cl2N2O4. The van der Waals surface area contributed by atoms with Crippen LogP contribution in [0.2, 0.25) is 0 Å². The molecule has 0 radical (unpaired) electrons. The Hall–Kier alpha value is -2.12. The summed E-state index contributed by atoms with van der Waals surface area (Å²) in [6, 6.07) is 12.1. The van der Waals surface area contributed by atoms with Gasteiger partial charge in [0.05, 0.1) is 36.7 Å². The average molecular weight is 568 g/mol. The summed E-state index contributed by atoms with van der Waals surface area (Å²) in [5, 5.41) is 0. The van der Waals surface area contributed by atoms with E-state index in [1.165, 1.54) is 0 Å². The molecule has 0 heterocycles. The lowest BCUT2D eigenvalue weighted by atomic mass is 10.0. The lowest BCUT2D eigenvalue weighted by Gasteiger charge is -2.31. The van der Waals surface area contributed by atoms with Gasteiger partial charge in [-0.3, -0.25) is 9.59 Å². The van der Waals surface area contributed by atoms with Gasteiger partial charge in [0.15, 0.2) is 0 Å². The predicted molar refractivity (Wildman–Crippen MR) is 160 cm³/mol. The van der Waals surface area contributed by atoms with Gasteiger partial charge in [0, 0.05) is 14.2 Å². The fourth-order valence-corrected chi connectivity index (χ4v) is 4.90. The smallest absolute Gasteiger partial charge is 0.242 e. The first-order valence-corrected chi connectivity index (χ1v) is 14.1. The minimum atomic E-state index is -0.0878. The Kier molecular flexibility index (Phi) is 15.6. The minimum Gasteiger partial charge on any atom is -0.383 e. The van der Waals surface area contributed by atoms with E-state index < -0.39 is 0 Å². The van der Waals surface area contributed by atoms with Crippen LogP contribution in [0.3, 0.4) is 0 Å². The van der Waals surface area contributed by atoms with Crippen LogP contribution in [0.25, 0.3) is 0 Å². The van der Waals surface area contributed by atoms with Crippen LogP contribution in [0, 0.1) is 13.8 Å². The second-order valence-electron chi connectivity index (χ2n) is 9.28. The Balaban J connectivity index is 0.000000380. The lowest BCUT2D eigenvalue weighted by molar-refractivity contribution is -0.117. The highest BCUT2D eigenvalue weighted by atomic mass is 35.5. The first-order chi connectivity index (χ1) is 18.1. The Morgan fingerprint density at radius 3 is 1.34 bits per heavy atom. The van der Waals surface area contributed by atoms with Crippen LogP contribution in [0.1, 0.15) is 49.9 Å². The topological polar surface area (TPSA) is 59.1 Å². The van der Waals surface area contributed by atoms with Crippen LogP contribution in [0.4, 0.5) is 11.4 Å². The Morgan fingerprint density at radius 2 is 1.08 bits per heavy atom. The average Bonchev–Trinajstić information content (AvgIpc) is 2.91. The molecule has 0 spiro atoms. The van der Waals surface area contributed by atoms with Gasteiger partial charge in [-0.2, -0.15) is 0 Å². The number of halogens is 2. The molecule has 0 aliphatic heterocycles. The summed E-state index contributed by atoms with van der Waals surface area (Å²) in [6.07, 6.45) is 1.76. The molecule has 0 N–H and O–H groups in total. The fraction of sp³-hybridized carbons (Fsp3) is 0.533. The number of nitrogens with zero attached hydrogens (tertiary/aromatic N) is 2. The number of ether oxygens (including phenoxy) is 2. The van der Waals surface area contributed by atoms with Crippen LogP contribution >= 0.6 is 23.2 Å². The maximum absolute atomic E-state index is 12.2. The van der Waals surface area contributed by atoms with E-state index in [0.717, 1.165) is 46.5 Å². The van der Waals surface area contributed by atoms with E-state index in [9.17, 15) is 9.59 Å². The summed E-state index contributed by atoms with van der Waals surface area (Å²) in [6.45, 7) is 13.1. The number of alkyl halides is 2. The summed E-state index contributed by atoms with van der Waals surface area (Å²) in [4.78, 5) is 27.9. The van der Waals surface area contributed by atoms with Crippen LogP contribution in [-0.2, 0) is 31.9 Å². The molecule has 0 bridgehead atoms. The number of carbonyl (C=O) groups is 2. The molecule has 212 valence electrons. The van der Waals surface area contributed by atoms with Crippen molar-refractivity contribution >= 4 is 46.4 Å². The van der Waals surface area contributed by atoms with Gasteiger partial charge < -0.3 is 19.3 Å². The van der Waals surface area contributed by atoms with Crippen molar-refractivity contribution in [1.82, 2.24) is 0 Å². The SMILES string of the molecule is CCc1cccc(C)c1N(C(=O)CCl)[C@@H](C)COC.CCc1cccc(C)c1N(C(=O)CCl)[C@H](C)COC. The molecule has 0 unspecified atom stereocenters. The lowest BCUT2D eigenvalue weighted by Crippen LogP contribution is -2.43. The van der Waals surface area contributed by atoms with Gasteiger partial charge >= 0.3 is 0 Å². The second kappa shape index (κ2) is 17.5. The van der Waals surface area contributed by atoms with Gasteiger partial charge in [-0.25, -0.2) is 0 Å². The van der Waals surface area contributed by atoms with E-state index in [-0.39, 0.29) is 35.7 Å². The normalized spacial score (nSPS) is 12.3. The number of anilines is 2. The van der Waals surface area contributed by atoms with Gasteiger partial charge in [-0.1, -0.05) is 50.2 Å². The zero-order valence-electron chi connectivity index (χ0n) is 24.1. The van der Waals surface area contributed by atoms with Gasteiger partial charge in [-0.05, 0) is 62.8 Å². The van der Waals surface area contributed by atoms with Crippen molar-refractivity contribution in [2.75, 3.05) is 49.0 Å². The van der Waals surface area contributed by atoms with E-state index in [1.807, 2.05) is 52.0 Å². The molecular weight excluding hydrogens is 523 g/mol. The summed E-state index contributed by atoms with van der Waals surface area (Å²) >= 11 is 11.5. The molecule has 0 saturated heterocycles. The van der Waals surface area contributed by atoms with Crippen LogP contribution in [0.5, 0.6) is 0 Å². The van der Waals surface area contributed by atoms with Crippen LogP contribution in [0.15, 0.2) is 36.4 Å². The van der Waals surface area contributed by atoms with Gasteiger partial charge in [0.2, 0.25) is 11.8 Å². The van der Waals surface area contributed by atoms with Crippen molar-refractivity contribution in [2.45, 2.75) is 66.5 Å². The molecule has 0 aliphatic rings. The zero-order chi connectivity index (χ0) is 28.8. The van der Waals surface area contributed by atoms with Gasteiger partial charge in [0.1, 0.15) is 11.8 Å². The largest absolute Gasteiger partial charge is 0.383 e. The highest BCUT2D eigenvalue weighted by molar-refractivity contribution is 6.30. The number of benzene rings is 2. The van der Waals surface area contributed by atoms with E-state index in [0.29, 0.717) is 13.2 Å². The number of hydrogen-bond donors (Lipinski definition) is 0. The molecule has 38 heavy (non-hydrogen) atoms. The molecule has 0 aliphatic carbocycles. The highest BCUT2D eigenvalue weighted by Crippen LogP contribution is 2.29. The first kappa shape index (κ1) is 33.9. The second-order valence-corrected chi connectivity index (χ2v) is 9.81. The molecule has 2 aromatic rings. The van der Waals surface area contributed by atoms with E-state index in [4.69, 9.17) is 32.7 Å². The van der Waals surface area contributed by atoms with Crippen LogP contribution in [-0.4, -0.2) is 63.1 Å². The number of hydrogen-bond acceptors (Lipinski definition) is 4. The predicted octanol–water partition coefficient (Wildman–Crippen LogP) is 6.33. The molecule has 8 heteroatoms. The van der Waals surface area contributed by atoms with Crippen LogP contribution < -0.4 is 9.80 Å². The first-order valence-electron chi connectivity index (χ1n) is 13.0. The summed E-state index contributed by atoms with van der Waals surface area (Å²) < 4.78 is 10.4. The molecule has 2 aromatic carbocycles. The summed E-state index contributed by atoms with van der Waals surface area (Å²) in [7, 11) is 3.27. The van der Waals surface area contributed by atoms with Crippen molar-refractivity contribution in [3.8, 4) is 0 Å². The number of para-hydroxylation sites is 2. The third kappa shape index (κ3) is 8.98. The molecule has 0 aromatic heterocycles. The number of methoxy groups -OCH3 is 2. The maximum Gasteiger partial charge on any atom is 0.242 e. The van der Waals surface area contributed by atoms with Gasteiger partial charge in [0.25, 0.3) is 0 Å². The Morgan fingerprint density at radius 1 is 0.737 bits per heavy atom. The Labute approximate surface area is 239 Å². The number of aryl methyl sites for hydroxylation is 4. The Bertz CT molecular complexity index is 950. The number of carbonyl (C=O) groups excluding carboxylic acids is 2. The van der Waals surface area contributed by atoms with E-state index >= 15 is 0 Å². The summed E-state index contributed by atoms with van der Waals surface area (Å²) in [5.74, 6) is -0.220. The minimum absolute atomic E-state index is 0.0223. The van der Waals surface area contributed by atoms with Crippen molar-refractivity contribution in [3.63, 3.8) is 0 Å². The molecule has 0 fully saturated rings. The third-order valence-corrected chi connectivity index (χ3v) is 6.81. The van der Waals surface area contributed by atoms with Crippen molar-refractivity contribution < 1.29 is 19.1 Å². The molecule has 2 rings (SSSR count). The fourth-order valence-electron chi connectivity index (χ4n) is 4.64. The highest BCUT2D eigenvalue weighted by Gasteiger charge is 2.25. The monoisotopic (exact) mass is 566 g/mol. The standard InChI is InChI=1S/2C15H22ClNO2/c2*1-5-13-8-6-7-11(2)15(13)17(14(18)9-16)12(3)10-19-4/h2*6-8,12H,5,9-10H2,1-4H3/t2*12-/m10/s1. The van der Waals surface area contributed by atoms with Crippen molar-refractivity contribution in [2.24, 2.45) is 0 Å². The van der Waals surface area contributed by atoms with Crippen molar-refractivity contribution in [3.05, 3.63) is 58.7 Å². The molecule has 6 nitrogen and oxygen atoms in total.